The molecule has 1 heterocycles. The largest absolute Gasteiger partial charge is 0.431 e. The summed E-state index contributed by atoms with van der Waals surface area (Å²) in [6.45, 7) is 1.14. The van der Waals surface area contributed by atoms with Crippen molar-refractivity contribution in [1.82, 2.24) is 5.43 Å². The van der Waals surface area contributed by atoms with E-state index in [9.17, 15) is 31.1 Å². The van der Waals surface area contributed by atoms with Gasteiger partial charge in [-0.2, -0.15) is 36.7 Å². The van der Waals surface area contributed by atoms with Gasteiger partial charge in [0.25, 0.3) is 5.91 Å². The zero-order valence-electron chi connectivity index (χ0n) is 12.5. The summed E-state index contributed by atoms with van der Waals surface area (Å²) in [4.78, 5) is 12.2. The van der Waals surface area contributed by atoms with Crippen LogP contribution in [0.2, 0.25) is 0 Å². The van der Waals surface area contributed by atoms with Crippen molar-refractivity contribution in [3.8, 4) is 6.07 Å². The molecule has 2 rings (SSSR count). The minimum atomic E-state index is -4.83. The number of anilines is 1. The molecular weight excluding hydrogens is 354 g/mol. The van der Waals surface area contributed by atoms with E-state index in [4.69, 9.17) is 5.26 Å². The average Bonchev–Trinajstić information content (AvgIpc) is 2.90. The molecule has 0 radical (unpaired) electrons. The van der Waals surface area contributed by atoms with Crippen LogP contribution < -0.4 is 10.7 Å². The van der Waals surface area contributed by atoms with Gasteiger partial charge in [-0.25, -0.2) is 0 Å². The van der Waals surface area contributed by atoms with Crippen LogP contribution in [0, 0.1) is 11.3 Å². The first-order chi connectivity index (χ1) is 11.4. The fourth-order valence-electron chi connectivity index (χ4n) is 2.12. The van der Waals surface area contributed by atoms with Crippen LogP contribution in [0.3, 0.4) is 0 Å². The highest BCUT2D eigenvalue weighted by atomic mass is 19.4. The lowest BCUT2D eigenvalue weighted by molar-refractivity contribution is -0.137. The predicted octanol–water partition coefficient (Wildman–Crippen LogP) is 3.19. The first-order valence-electron chi connectivity index (χ1n) is 6.70. The summed E-state index contributed by atoms with van der Waals surface area (Å²) >= 11 is 0. The molecule has 0 bridgehead atoms. The number of halogens is 6. The molecule has 2 N–H and O–H groups in total. The summed E-state index contributed by atoms with van der Waals surface area (Å²) in [6.07, 6.45) is -10.3. The van der Waals surface area contributed by atoms with Gasteiger partial charge in [0, 0.05) is 12.1 Å². The lowest BCUT2D eigenvalue weighted by Crippen LogP contribution is -2.48. The van der Waals surface area contributed by atoms with Gasteiger partial charge >= 0.3 is 12.4 Å². The van der Waals surface area contributed by atoms with Gasteiger partial charge in [0.05, 0.1) is 17.2 Å². The Morgan fingerprint density at radius 1 is 1.28 bits per heavy atom. The Morgan fingerprint density at radius 3 is 2.40 bits per heavy atom. The monoisotopic (exact) mass is 364 g/mol. The predicted molar refractivity (Wildman–Crippen MR) is 74.4 cm³/mol. The third-order valence-corrected chi connectivity index (χ3v) is 3.49. The molecule has 25 heavy (non-hydrogen) atoms. The highest BCUT2D eigenvalue weighted by molar-refractivity contribution is 6.04. The molecule has 1 aliphatic heterocycles. The number of nitriles is 1. The first kappa shape index (κ1) is 18.6. The molecule has 0 saturated carbocycles. The second kappa shape index (κ2) is 5.94. The van der Waals surface area contributed by atoms with Crippen LogP contribution in [0.5, 0.6) is 0 Å². The zero-order valence-corrected chi connectivity index (χ0v) is 12.5. The van der Waals surface area contributed by atoms with Gasteiger partial charge in [0.1, 0.15) is 11.3 Å². The van der Waals surface area contributed by atoms with E-state index < -0.39 is 47.1 Å². The van der Waals surface area contributed by atoms with E-state index in [0.29, 0.717) is 6.07 Å². The molecule has 1 aliphatic rings. The topological polar surface area (TPSA) is 77.3 Å². The van der Waals surface area contributed by atoms with Crippen molar-refractivity contribution in [2.24, 2.45) is 5.10 Å². The molecule has 1 aromatic rings. The summed E-state index contributed by atoms with van der Waals surface area (Å²) in [6, 6.07) is 3.83. The number of rotatable bonds is 2. The van der Waals surface area contributed by atoms with Crippen LogP contribution in [0.25, 0.3) is 0 Å². The van der Waals surface area contributed by atoms with E-state index >= 15 is 0 Å². The molecule has 1 aromatic carbocycles. The van der Waals surface area contributed by atoms with Crippen molar-refractivity contribution in [2.45, 2.75) is 31.2 Å². The lowest BCUT2D eigenvalue weighted by Gasteiger charge is -2.23. The Morgan fingerprint density at radius 2 is 1.92 bits per heavy atom. The fraction of sp³-hybridized carbons (Fsp3) is 0.357. The quantitative estimate of drug-likeness (QED) is 0.792. The molecule has 0 aliphatic carbocycles. The maximum Gasteiger partial charge on any atom is 0.431 e. The second-order valence-electron chi connectivity index (χ2n) is 5.50. The smallest absolute Gasteiger partial charge is 0.324 e. The summed E-state index contributed by atoms with van der Waals surface area (Å²) in [7, 11) is 0. The Kier molecular flexibility index (Phi) is 4.42. The maximum absolute atomic E-state index is 12.9. The standard InChI is InChI=1S/C14H10F6N4O/c1-12(5-10(23-24-12)14(18,19)20)11(25)22-8-3-2-7(6-21)9(4-8)13(15,16)17/h2-4,24H,5H2,1H3,(H,22,25). The molecule has 0 saturated heterocycles. The van der Waals surface area contributed by atoms with Gasteiger partial charge in [-0.1, -0.05) is 0 Å². The van der Waals surface area contributed by atoms with E-state index in [1.54, 1.807) is 0 Å². The highest BCUT2D eigenvalue weighted by Crippen LogP contribution is 2.34. The summed E-state index contributed by atoms with van der Waals surface area (Å²) in [5, 5.41) is 13.9. The number of amides is 1. The first-order valence-corrected chi connectivity index (χ1v) is 6.70. The average molecular weight is 364 g/mol. The normalized spacial score (nSPS) is 20.5. The zero-order chi connectivity index (χ0) is 19.0. The van der Waals surface area contributed by atoms with Crippen molar-refractivity contribution >= 4 is 17.3 Å². The van der Waals surface area contributed by atoms with Crippen LogP contribution >= 0.6 is 0 Å². The fourth-order valence-corrected chi connectivity index (χ4v) is 2.12. The molecule has 134 valence electrons. The van der Waals surface area contributed by atoms with E-state index in [-0.39, 0.29) is 5.69 Å². The van der Waals surface area contributed by atoms with Gasteiger partial charge < -0.3 is 5.32 Å². The number of alkyl halides is 6. The Hall–Kier alpha value is -2.77. The van der Waals surface area contributed by atoms with Crippen LogP contribution in [0.15, 0.2) is 23.3 Å². The van der Waals surface area contributed by atoms with Gasteiger partial charge in [-0.05, 0) is 25.1 Å². The van der Waals surface area contributed by atoms with Crippen LogP contribution in [0.4, 0.5) is 32.0 Å². The molecule has 0 spiro atoms. The maximum atomic E-state index is 12.9. The number of benzene rings is 1. The minimum absolute atomic E-state index is 0.306. The third kappa shape index (κ3) is 3.84. The molecule has 5 nitrogen and oxygen atoms in total. The van der Waals surface area contributed by atoms with Crippen LogP contribution in [-0.4, -0.2) is 23.3 Å². The number of carbonyl (C=O) groups is 1. The second-order valence-corrected chi connectivity index (χ2v) is 5.50. The Labute approximate surface area is 137 Å². The van der Waals surface area contributed by atoms with E-state index in [2.05, 4.69) is 15.8 Å². The van der Waals surface area contributed by atoms with Crippen molar-refractivity contribution < 1.29 is 31.1 Å². The number of hydrogen-bond donors (Lipinski definition) is 2. The molecule has 1 atom stereocenters. The van der Waals surface area contributed by atoms with Crippen molar-refractivity contribution in [3.05, 3.63) is 29.3 Å². The number of hydrazone groups is 1. The minimum Gasteiger partial charge on any atom is -0.324 e. The number of nitrogens with one attached hydrogen (secondary N) is 2. The number of carbonyl (C=O) groups excluding carboxylic acids is 1. The van der Waals surface area contributed by atoms with Crippen molar-refractivity contribution in [3.63, 3.8) is 0 Å². The van der Waals surface area contributed by atoms with E-state index in [1.165, 1.54) is 6.07 Å². The van der Waals surface area contributed by atoms with Gasteiger partial charge in [0.15, 0.2) is 0 Å². The summed E-state index contributed by atoms with van der Waals surface area (Å²) in [5.74, 6) is -0.992. The molecule has 0 fully saturated rings. The Balaban J connectivity index is 2.21. The lowest BCUT2D eigenvalue weighted by atomic mass is 9.95. The molecular formula is C14H10F6N4O. The molecule has 0 aromatic heterocycles. The van der Waals surface area contributed by atoms with Crippen molar-refractivity contribution in [2.75, 3.05) is 5.32 Å². The van der Waals surface area contributed by atoms with Gasteiger partial charge in [-0.15, -0.1) is 0 Å². The van der Waals surface area contributed by atoms with Crippen LogP contribution in [-0.2, 0) is 11.0 Å². The molecule has 1 amide bonds. The van der Waals surface area contributed by atoms with Crippen molar-refractivity contribution in [1.29, 1.82) is 5.26 Å². The van der Waals surface area contributed by atoms with Crippen LogP contribution in [0.1, 0.15) is 24.5 Å². The highest BCUT2D eigenvalue weighted by Gasteiger charge is 2.48. The number of hydrogen-bond acceptors (Lipinski definition) is 4. The Bertz CT molecular complexity index is 777. The van der Waals surface area contributed by atoms with Gasteiger partial charge in [-0.3, -0.25) is 10.2 Å². The molecule has 1 unspecified atom stereocenters. The third-order valence-electron chi connectivity index (χ3n) is 3.49. The number of nitrogens with zero attached hydrogens (tertiary/aromatic N) is 2. The van der Waals surface area contributed by atoms with E-state index in [0.717, 1.165) is 19.1 Å². The SMILES string of the molecule is CC1(C(=O)Nc2ccc(C#N)c(C(F)(F)F)c2)CC(C(F)(F)F)=NN1. The molecule has 11 heteroatoms. The summed E-state index contributed by atoms with van der Waals surface area (Å²) in [5.41, 5.74) is -3.11. The van der Waals surface area contributed by atoms with E-state index in [1.807, 2.05) is 0 Å². The van der Waals surface area contributed by atoms with Gasteiger partial charge in [0.2, 0.25) is 0 Å². The summed E-state index contributed by atoms with van der Waals surface area (Å²) < 4.78 is 76.5.